The van der Waals surface area contributed by atoms with E-state index in [2.05, 4.69) is 86.4 Å². The van der Waals surface area contributed by atoms with Gasteiger partial charge in [0.15, 0.2) is 5.96 Å². The van der Waals surface area contributed by atoms with Crippen LogP contribution in [0.2, 0.25) is 0 Å². The first-order chi connectivity index (χ1) is 13.9. The molecule has 6 nitrogen and oxygen atoms in total. The van der Waals surface area contributed by atoms with Crippen molar-refractivity contribution in [2.24, 2.45) is 10.9 Å². The van der Waals surface area contributed by atoms with E-state index in [1.165, 1.54) is 5.56 Å². The monoisotopic (exact) mass is 531 g/mol. The van der Waals surface area contributed by atoms with Gasteiger partial charge < -0.3 is 20.3 Å². The zero-order valence-corrected chi connectivity index (χ0v) is 22.0. The fraction of sp³-hybridized carbons (Fsp3) is 0.696. The highest BCUT2D eigenvalue weighted by molar-refractivity contribution is 14.0. The van der Waals surface area contributed by atoms with Crippen molar-refractivity contribution in [2.75, 3.05) is 52.9 Å². The first kappa shape index (κ1) is 27.0. The molecule has 7 heteroatoms. The Morgan fingerprint density at radius 2 is 1.70 bits per heavy atom. The van der Waals surface area contributed by atoms with Gasteiger partial charge in [0, 0.05) is 38.8 Å². The van der Waals surface area contributed by atoms with Gasteiger partial charge in [-0.2, -0.15) is 0 Å². The average molecular weight is 532 g/mol. The third-order valence-electron chi connectivity index (χ3n) is 5.34. The van der Waals surface area contributed by atoms with Gasteiger partial charge in [-0.15, -0.1) is 24.0 Å². The molecule has 0 bridgehead atoms. The Bertz CT molecular complexity index is 615. The SMILES string of the molecule is CCNC(=NCC(C)N1CCN(C)CC1)NC(C)c1ccc(OCC(C)C)cc1.I. The Labute approximate surface area is 200 Å². The molecule has 1 aromatic carbocycles. The minimum absolute atomic E-state index is 0. The molecule has 30 heavy (non-hydrogen) atoms. The molecule has 0 aromatic heterocycles. The number of rotatable bonds is 9. The largest absolute Gasteiger partial charge is 0.493 e. The molecule has 0 spiro atoms. The second kappa shape index (κ2) is 14.1. The van der Waals surface area contributed by atoms with Crippen LogP contribution < -0.4 is 15.4 Å². The summed E-state index contributed by atoms with van der Waals surface area (Å²) >= 11 is 0. The van der Waals surface area contributed by atoms with E-state index in [0.717, 1.165) is 57.6 Å². The van der Waals surface area contributed by atoms with E-state index in [-0.39, 0.29) is 30.0 Å². The van der Waals surface area contributed by atoms with Crippen molar-refractivity contribution in [3.8, 4) is 5.75 Å². The van der Waals surface area contributed by atoms with Gasteiger partial charge in [-0.1, -0.05) is 26.0 Å². The summed E-state index contributed by atoms with van der Waals surface area (Å²) < 4.78 is 5.79. The lowest BCUT2D eigenvalue weighted by Crippen LogP contribution is -2.49. The molecule has 1 fully saturated rings. The maximum absolute atomic E-state index is 5.79. The van der Waals surface area contributed by atoms with E-state index in [0.29, 0.717) is 12.0 Å². The summed E-state index contributed by atoms with van der Waals surface area (Å²) in [6, 6.07) is 8.98. The van der Waals surface area contributed by atoms with Gasteiger partial charge >= 0.3 is 0 Å². The lowest BCUT2D eigenvalue weighted by atomic mass is 10.1. The molecule has 1 aromatic rings. The third-order valence-corrected chi connectivity index (χ3v) is 5.34. The Morgan fingerprint density at radius 3 is 2.27 bits per heavy atom. The van der Waals surface area contributed by atoms with E-state index >= 15 is 0 Å². The smallest absolute Gasteiger partial charge is 0.191 e. The summed E-state index contributed by atoms with van der Waals surface area (Å²) in [5.41, 5.74) is 1.22. The highest BCUT2D eigenvalue weighted by Crippen LogP contribution is 2.18. The molecule has 172 valence electrons. The normalized spacial score (nSPS) is 17.9. The van der Waals surface area contributed by atoms with Crippen LogP contribution in [0.1, 0.15) is 46.2 Å². The van der Waals surface area contributed by atoms with Crippen LogP contribution in [0.3, 0.4) is 0 Å². The molecule has 1 saturated heterocycles. The molecular formula is C23H42IN5O. The molecular weight excluding hydrogens is 489 g/mol. The van der Waals surface area contributed by atoms with Gasteiger partial charge in [0.2, 0.25) is 0 Å². The van der Waals surface area contributed by atoms with Gasteiger partial charge in [0.25, 0.3) is 0 Å². The molecule has 2 rings (SSSR count). The van der Waals surface area contributed by atoms with E-state index < -0.39 is 0 Å². The maximum atomic E-state index is 5.79. The standard InChI is InChI=1S/C23H41N5O.HI/c1-7-24-23(25-16-19(4)28-14-12-27(6)13-15-28)26-20(5)21-8-10-22(11-9-21)29-17-18(2)3;/h8-11,18-20H,7,12-17H2,1-6H3,(H2,24,25,26);1H. The molecule has 1 aliphatic heterocycles. The topological polar surface area (TPSA) is 52.1 Å². The first-order valence-corrected chi connectivity index (χ1v) is 11.1. The fourth-order valence-electron chi connectivity index (χ4n) is 3.33. The van der Waals surface area contributed by atoms with Crippen molar-refractivity contribution >= 4 is 29.9 Å². The summed E-state index contributed by atoms with van der Waals surface area (Å²) in [5, 5.41) is 6.92. The first-order valence-electron chi connectivity index (χ1n) is 11.1. The number of guanidine groups is 1. The van der Waals surface area contributed by atoms with Crippen LogP contribution in [0, 0.1) is 5.92 Å². The van der Waals surface area contributed by atoms with Crippen LogP contribution in [0.4, 0.5) is 0 Å². The highest BCUT2D eigenvalue weighted by atomic mass is 127. The van der Waals surface area contributed by atoms with Crippen LogP contribution in [0.25, 0.3) is 0 Å². The lowest BCUT2D eigenvalue weighted by molar-refractivity contribution is 0.122. The Morgan fingerprint density at radius 1 is 1.07 bits per heavy atom. The number of nitrogens with one attached hydrogen (secondary N) is 2. The van der Waals surface area contributed by atoms with Crippen molar-refractivity contribution in [3.05, 3.63) is 29.8 Å². The lowest BCUT2D eigenvalue weighted by Gasteiger charge is -2.36. The van der Waals surface area contributed by atoms with E-state index in [1.54, 1.807) is 0 Å². The van der Waals surface area contributed by atoms with Crippen molar-refractivity contribution in [1.29, 1.82) is 0 Å². The summed E-state index contributed by atoms with van der Waals surface area (Å²) in [6.07, 6.45) is 0. The predicted molar refractivity (Wildman–Crippen MR) is 138 cm³/mol. The quantitative estimate of drug-likeness (QED) is 0.290. The van der Waals surface area contributed by atoms with Gasteiger partial charge in [0.1, 0.15) is 5.75 Å². The van der Waals surface area contributed by atoms with Gasteiger partial charge in [-0.05, 0) is 51.4 Å². The van der Waals surface area contributed by atoms with Crippen LogP contribution in [-0.2, 0) is 0 Å². The van der Waals surface area contributed by atoms with Gasteiger partial charge in [-0.25, -0.2) is 0 Å². The molecule has 1 aliphatic rings. The van der Waals surface area contributed by atoms with Gasteiger partial charge in [-0.3, -0.25) is 9.89 Å². The molecule has 0 amide bonds. The number of piperazine rings is 1. The van der Waals surface area contributed by atoms with Crippen LogP contribution in [0.15, 0.2) is 29.3 Å². The Kier molecular flexibility index (Phi) is 12.7. The van der Waals surface area contributed by atoms with Crippen LogP contribution >= 0.6 is 24.0 Å². The number of hydrogen-bond acceptors (Lipinski definition) is 4. The number of nitrogens with zero attached hydrogens (tertiary/aromatic N) is 3. The molecule has 0 saturated carbocycles. The predicted octanol–water partition coefficient (Wildman–Crippen LogP) is 3.59. The van der Waals surface area contributed by atoms with E-state index in [1.807, 2.05) is 0 Å². The van der Waals surface area contributed by atoms with Crippen LogP contribution in [-0.4, -0.2) is 74.7 Å². The number of hydrogen-bond donors (Lipinski definition) is 2. The molecule has 2 atom stereocenters. The summed E-state index contributed by atoms with van der Waals surface area (Å²) in [6.45, 7) is 17.8. The second-order valence-corrected chi connectivity index (χ2v) is 8.55. The molecule has 0 radical (unpaired) electrons. The molecule has 1 heterocycles. The highest BCUT2D eigenvalue weighted by Gasteiger charge is 2.19. The number of aliphatic imine (C=N–C) groups is 1. The summed E-state index contributed by atoms with van der Waals surface area (Å²) in [5.74, 6) is 2.33. The molecule has 2 N–H and O–H groups in total. The van der Waals surface area contributed by atoms with Crippen molar-refractivity contribution in [1.82, 2.24) is 20.4 Å². The van der Waals surface area contributed by atoms with Gasteiger partial charge in [0.05, 0.1) is 19.2 Å². The molecule has 0 aliphatic carbocycles. The van der Waals surface area contributed by atoms with Crippen molar-refractivity contribution < 1.29 is 4.74 Å². The zero-order valence-electron chi connectivity index (χ0n) is 19.6. The third kappa shape index (κ3) is 9.39. The van der Waals surface area contributed by atoms with E-state index in [9.17, 15) is 0 Å². The number of likely N-dealkylation sites (N-methyl/N-ethyl adjacent to an activating group) is 1. The molecule has 2 unspecified atom stereocenters. The zero-order chi connectivity index (χ0) is 21.2. The maximum Gasteiger partial charge on any atom is 0.191 e. The van der Waals surface area contributed by atoms with Crippen LogP contribution in [0.5, 0.6) is 5.75 Å². The summed E-state index contributed by atoms with van der Waals surface area (Å²) in [4.78, 5) is 9.78. The van der Waals surface area contributed by atoms with Crippen molar-refractivity contribution in [3.63, 3.8) is 0 Å². The summed E-state index contributed by atoms with van der Waals surface area (Å²) in [7, 11) is 2.19. The Balaban J connectivity index is 0.00000450. The number of benzene rings is 1. The fourth-order valence-corrected chi connectivity index (χ4v) is 3.33. The number of ether oxygens (including phenoxy) is 1. The van der Waals surface area contributed by atoms with E-state index in [4.69, 9.17) is 9.73 Å². The second-order valence-electron chi connectivity index (χ2n) is 8.55. The Hall–Kier alpha value is -1.06. The number of halogens is 1. The van der Waals surface area contributed by atoms with Crippen molar-refractivity contribution in [2.45, 2.75) is 46.7 Å². The average Bonchev–Trinajstić information content (AvgIpc) is 2.71. The minimum Gasteiger partial charge on any atom is -0.493 e. The minimum atomic E-state index is 0.